The smallest absolute Gasteiger partial charge is 0.362 e. The number of para-hydroxylation sites is 1. The van der Waals surface area contributed by atoms with Crippen LogP contribution in [0.5, 0.6) is 5.75 Å². The highest BCUT2D eigenvalue weighted by Gasteiger charge is 2.36. The summed E-state index contributed by atoms with van der Waals surface area (Å²) in [4.78, 5) is 27.1. The predicted molar refractivity (Wildman–Crippen MR) is 109 cm³/mol. The van der Waals surface area contributed by atoms with E-state index in [1.54, 1.807) is 17.8 Å². The molecule has 1 aromatic carbocycles. The van der Waals surface area contributed by atoms with E-state index in [1.807, 2.05) is 35.2 Å². The van der Waals surface area contributed by atoms with Gasteiger partial charge in [0.2, 0.25) is 5.69 Å². The van der Waals surface area contributed by atoms with Crippen LogP contribution < -0.4 is 4.74 Å². The van der Waals surface area contributed by atoms with E-state index in [9.17, 15) is 9.59 Å². The third-order valence-corrected chi connectivity index (χ3v) is 5.57. The maximum atomic E-state index is 12.9. The molecule has 2 aliphatic rings. The van der Waals surface area contributed by atoms with Gasteiger partial charge >= 0.3 is 5.97 Å². The van der Waals surface area contributed by atoms with Crippen LogP contribution in [0.2, 0.25) is 0 Å². The summed E-state index contributed by atoms with van der Waals surface area (Å²) in [6, 6.07) is 9.51. The van der Waals surface area contributed by atoms with Crippen LogP contribution in [0.25, 0.3) is 5.69 Å². The van der Waals surface area contributed by atoms with Crippen LogP contribution >= 0.6 is 0 Å². The summed E-state index contributed by atoms with van der Waals surface area (Å²) in [6.07, 6.45) is 5.92. The van der Waals surface area contributed by atoms with E-state index in [-0.39, 0.29) is 42.7 Å². The number of nitrogens with zero attached hydrogens (tertiary/aromatic N) is 3. The number of esters is 1. The highest BCUT2D eigenvalue weighted by Crippen LogP contribution is 2.29. The van der Waals surface area contributed by atoms with E-state index in [2.05, 4.69) is 5.10 Å². The van der Waals surface area contributed by atoms with Crippen molar-refractivity contribution >= 4 is 11.9 Å². The molecule has 30 heavy (non-hydrogen) atoms. The molecule has 1 amide bonds. The molecule has 0 bridgehead atoms. The minimum absolute atomic E-state index is 0.0611. The lowest BCUT2D eigenvalue weighted by Crippen LogP contribution is -2.55. The number of carbonyl (C=O) groups excluding carboxylic acids is 2. The van der Waals surface area contributed by atoms with Crippen molar-refractivity contribution in [3.63, 3.8) is 0 Å². The predicted octanol–water partition coefficient (Wildman–Crippen LogP) is 2.60. The van der Waals surface area contributed by atoms with Crippen LogP contribution in [0.1, 0.15) is 43.1 Å². The van der Waals surface area contributed by atoms with Crippen molar-refractivity contribution in [1.82, 2.24) is 14.7 Å². The fraction of sp³-hybridized carbons (Fsp3) is 0.500. The molecule has 1 aliphatic heterocycles. The minimum Gasteiger partial charge on any atom is -0.480 e. The van der Waals surface area contributed by atoms with Crippen LogP contribution in [0.3, 0.4) is 0 Å². The summed E-state index contributed by atoms with van der Waals surface area (Å²) in [7, 11) is 0. The fourth-order valence-corrected chi connectivity index (χ4v) is 4.15. The number of benzene rings is 1. The van der Waals surface area contributed by atoms with E-state index in [0.717, 1.165) is 31.4 Å². The van der Waals surface area contributed by atoms with Gasteiger partial charge in [0.25, 0.3) is 5.91 Å². The molecular weight excluding hydrogens is 386 g/mol. The molecule has 2 fully saturated rings. The van der Waals surface area contributed by atoms with Gasteiger partial charge in [0.05, 0.1) is 37.2 Å². The lowest BCUT2D eigenvalue weighted by Gasteiger charge is -2.43. The molecule has 0 radical (unpaired) electrons. The van der Waals surface area contributed by atoms with Crippen molar-refractivity contribution in [2.75, 3.05) is 26.4 Å². The Morgan fingerprint density at radius 2 is 2.00 bits per heavy atom. The summed E-state index contributed by atoms with van der Waals surface area (Å²) < 4.78 is 18.3. The zero-order valence-electron chi connectivity index (χ0n) is 17.2. The second kappa shape index (κ2) is 9.30. The van der Waals surface area contributed by atoms with Gasteiger partial charge in [-0.25, -0.2) is 9.48 Å². The van der Waals surface area contributed by atoms with Crippen molar-refractivity contribution in [2.24, 2.45) is 0 Å². The number of amides is 1. The summed E-state index contributed by atoms with van der Waals surface area (Å²) in [5, 5.41) is 4.33. The largest absolute Gasteiger partial charge is 0.480 e. The van der Waals surface area contributed by atoms with Crippen LogP contribution in [-0.4, -0.2) is 65.1 Å². The Kier molecular flexibility index (Phi) is 6.32. The molecule has 2 unspecified atom stereocenters. The first-order valence-electron chi connectivity index (χ1n) is 10.5. The molecule has 4 rings (SSSR count). The highest BCUT2D eigenvalue weighted by atomic mass is 16.5. The Morgan fingerprint density at radius 3 is 2.80 bits per heavy atom. The average molecular weight is 413 g/mol. The Morgan fingerprint density at radius 1 is 1.20 bits per heavy atom. The molecule has 8 nitrogen and oxygen atoms in total. The number of aromatic nitrogens is 2. The molecule has 1 aromatic heterocycles. The summed E-state index contributed by atoms with van der Waals surface area (Å²) in [5.74, 6) is -0.440. The molecule has 1 saturated carbocycles. The lowest BCUT2D eigenvalue weighted by atomic mass is 9.90. The number of rotatable bonds is 6. The fourth-order valence-electron chi connectivity index (χ4n) is 4.15. The number of carbonyl (C=O) groups is 2. The third kappa shape index (κ3) is 4.33. The Labute approximate surface area is 175 Å². The maximum absolute atomic E-state index is 12.9. The topological polar surface area (TPSA) is 82.9 Å². The van der Waals surface area contributed by atoms with Crippen molar-refractivity contribution in [1.29, 1.82) is 0 Å². The number of ether oxygens (including phenoxy) is 3. The normalized spacial score (nSPS) is 21.0. The van der Waals surface area contributed by atoms with Crippen LogP contribution in [0, 0.1) is 0 Å². The van der Waals surface area contributed by atoms with E-state index >= 15 is 0 Å². The molecule has 160 valence electrons. The van der Waals surface area contributed by atoms with Gasteiger partial charge in [-0.2, -0.15) is 5.10 Å². The van der Waals surface area contributed by atoms with Gasteiger partial charge in [0.15, 0.2) is 12.4 Å². The molecule has 1 saturated heterocycles. The van der Waals surface area contributed by atoms with Crippen molar-refractivity contribution in [3.8, 4) is 11.4 Å². The molecule has 0 N–H and O–H groups in total. The summed E-state index contributed by atoms with van der Waals surface area (Å²) >= 11 is 0. The SMILES string of the molecule is CCOC(=O)c1nn(-c2ccccc2)cc1OCC(=O)N1CCOC2CCCCC21. The van der Waals surface area contributed by atoms with E-state index in [4.69, 9.17) is 14.2 Å². The van der Waals surface area contributed by atoms with Gasteiger partial charge in [0, 0.05) is 6.54 Å². The van der Waals surface area contributed by atoms with Crippen molar-refractivity contribution < 1.29 is 23.8 Å². The van der Waals surface area contributed by atoms with Gasteiger partial charge in [-0.3, -0.25) is 4.79 Å². The maximum Gasteiger partial charge on any atom is 0.362 e. The number of fused-ring (bicyclic) bond motifs is 1. The summed E-state index contributed by atoms with van der Waals surface area (Å²) in [6.45, 7) is 2.92. The third-order valence-electron chi connectivity index (χ3n) is 5.57. The van der Waals surface area contributed by atoms with Gasteiger partial charge in [-0.05, 0) is 31.9 Å². The lowest BCUT2D eigenvalue weighted by molar-refractivity contribution is -0.151. The summed E-state index contributed by atoms with van der Waals surface area (Å²) in [5.41, 5.74) is 0.841. The molecule has 1 aliphatic carbocycles. The molecule has 0 spiro atoms. The van der Waals surface area contributed by atoms with Gasteiger partial charge in [-0.1, -0.05) is 31.0 Å². The minimum atomic E-state index is -0.576. The second-order valence-corrected chi connectivity index (χ2v) is 7.48. The standard InChI is InChI=1S/C22H27N3O5/c1-2-28-22(27)21-19(14-25(23-21)16-8-4-3-5-9-16)30-15-20(26)24-12-13-29-18-11-7-6-10-17(18)24/h3-5,8-9,14,17-18H,2,6-7,10-13,15H2,1H3. The Bertz CT molecular complexity index is 880. The van der Waals surface area contributed by atoms with Crippen molar-refractivity contribution in [2.45, 2.75) is 44.8 Å². The van der Waals surface area contributed by atoms with E-state index in [1.165, 1.54) is 0 Å². The monoisotopic (exact) mass is 413 g/mol. The molecule has 2 aromatic rings. The molecule has 8 heteroatoms. The number of hydrogen-bond donors (Lipinski definition) is 0. The van der Waals surface area contributed by atoms with Gasteiger partial charge in [-0.15, -0.1) is 0 Å². The zero-order valence-corrected chi connectivity index (χ0v) is 17.2. The Balaban J connectivity index is 1.49. The first-order valence-corrected chi connectivity index (χ1v) is 10.5. The average Bonchev–Trinajstić information content (AvgIpc) is 3.22. The quantitative estimate of drug-likeness (QED) is 0.677. The second-order valence-electron chi connectivity index (χ2n) is 7.48. The first kappa shape index (κ1) is 20.4. The molecule has 2 atom stereocenters. The van der Waals surface area contributed by atoms with Gasteiger partial charge in [0.1, 0.15) is 0 Å². The van der Waals surface area contributed by atoms with Crippen LogP contribution in [0.4, 0.5) is 0 Å². The van der Waals surface area contributed by atoms with E-state index in [0.29, 0.717) is 13.2 Å². The Hall–Kier alpha value is -2.87. The molecular formula is C22H27N3O5. The zero-order chi connectivity index (χ0) is 20.9. The van der Waals surface area contributed by atoms with Crippen LogP contribution in [-0.2, 0) is 14.3 Å². The number of hydrogen-bond acceptors (Lipinski definition) is 6. The molecule has 2 heterocycles. The number of morpholine rings is 1. The first-order chi connectivity index (χ1) is 14.7. The van der Waals surface area contributed by atoms with E-state index < -0.39 is 5.97 Å². The highest BCUT2D eigenvalue weighted by molar-refractivity contribution is 5.90. The van der Waals surface area contributed by atoms with Crippen molar-refractivity contribution in [3.05, 3.63) is 42.2 Å². The van der Waals surface area contributed by atoms with Gasteiger partial charge < -0.3 is 19.1 Å². The van der Waals surface area contributed by atoms with Crippen LogP contribution in [0.15, 0.2) is 36.5 Å².